The number of methoxy groups -OCH3 is 2. The summed E-state index contributed by atoms with van der Waals surface area (Å²) in [6.07, 6.45) is 3.29. The molecule has 0 aliphatic carbocycles. The average Bonchev–Trinajstić information content (AvgIpc) is 3.49. The number of hydrogen-bond acceptors (Lipinski definition) is 9. The van der Waals surface area contributed by atoms with Crippen LogP contribution in [0.1, 0.15) is 35.6 Å². The summed E-state index contributed by atoms with van der Waals surface area (Å²) in [4.78, 5) is 20.2. The van der Waals surface area contributed by atoms with Gasteiger partial charge in [0.2, 0.25) is 0 Å². The molecule has 3 atom stereocenters. The molecule has 3 heterocycles. The van der Waals surface area contributed by atoms with Gasteiger partial charge in [-0.05, 0) is 41.8 Å². The van der Waals surface area contributed by atoms with E-state index in [1.807, 2.05) is 48.0 Å². The van der Waals surface area contributed by atoms with Crippen molar-refractivity contribution in [1.29, 1.82) is 0 Å². The van der Waals surface area contributed by atoms with Crippen molar-refractivity contribution in [3.05, 3.63) is 71.8 Å². The van der Waals surface area contributed by atoms with E-state index in [0.29, 0.717) is 39.6 Å². The Bertz CT molecular complexity index is 1380. The van der Waals surface area contributed by atoms with Gasteiger partial charge < -0.3 is 47.9 Å². The van der Waals surface area contributed by atoms with Crippen molar-refractivity contribution in [3.63, 3.8) is 0 Å². The Morgan fingerprint density at radius 2 is 1.72 bits per heavy atom. The summed E-state index contributed by atoms with van der Waals surface area (Å²) < 4.78 is 37.2. The van der Waals surface area contributed by atoms with E-state index in [4.69, 9.17) is 28.4 Å². The number of likely N-dealkylation sites (tertiary alicyclic amines) is 1. The topological polar surface area (TPSA) is 117 Å². The third-order valence-electron chi connectivity index (χ3n) is 8.48. The van der Waals surface area contributed by atoms with Crippen LogP contribution in [0.4, 0.5) is 10.5 Å². The fourth-order valence-electron chi connectivity index (χ4n) is 6.01. The van der Waals surface area contributed by atoms with E-state index >= 15 is 0 Å². The Morgan fingerprint density at radius 3 is 2.41 bits per heavy atom. The van der Waals surface area contributed by atoms with Gasteiger partial charge in [0.15, 0.2) is 0 Å². The van der Waals surface area contributed by atoms with Gasteiger partial charge in [0.05, 0.1) is 75.6 Å². The number of amides is 1. The summed E-state index contributed by atoms with van der Waals surface area (Å²) in [5.41, 5.74) is 3.92. The Labute approximate surface area is 270 Å². The van der Waals surface area contributed by atoms with Crippen LogP contribution in [0.25, 0.3) is 0 Å². The number of ether oxygens (including phenoxy) is 6. The van der Waals surface area contributed by atoms with Crippen molar-refractivity contribution in [1.82, 2.24) is 14.5 Å². The highest BCUT2D eigenvalue weighted by molar-refractivity contribution is 5.65. The maximum atomic E-state index is 12.3. The normalized spacial score (nSPS) is 19.5. The van der Waals surface area contributed by atoms with Gasteiger partial charge in [-0.25, -0.2) is 9.78 Å². The number of rotatable bonds is 16. The number of hydrogen-bond donors (Lipinski definition) is 1. The fraction of sp³-hybridized carbons (Fsp3) is 0.529. The monoisotopic (exact) mass is 638 g/mol. The van der Waals surface area contributed by atoms with Gasteiger partial charge in [-0.2, -0.15) is 0 Å². The molecule has 46 heavy (non-hydrogen) atoms. The van der Waals surface area contributed by atoms with Gasteiger partial charge in [-0.1, -0.05) is 18.2 Å². The number of imidazole rings is 1. The maximum Gasteiger partial charge on any atom is 0.407 e. The Kier molecular flexibility index (Phi) is 12.1. The van der Waals surface area contributed by atoms with E-state index in [2.05, 4.69) is 16.0 Å². The highest BCUT2D eigenvalue weighted by atomic mass is 16.5. The molecule has 3 aromatic rings. The first kappa shape index (κ1) is 33.5. The van der Waals surface area contributed by atoms with Crippen LogP contribution in [0, 0.1) is 0 Å². The van der Waals surface area contributed by atoms with Crippen molar-refractivity contribution in [2.75, 3.05) is 71.7 Å². The molecule has 2 aliphatic heterocycles. The number of aryl methyl sites for hydroxylation is 1. The quantitative estimate of drug-likeness (QED) is 0.228. The lowest BCUT2D eigenvalue weighted by atomic mass is 9.84. The van der Waals surface area contributed by atoms with E-state index in [9.17, 15) is 9.90 Å². The summed E-state index contributed by atoms with van der Waals surface area (Å²) >= 11 is 0. The first-order chi connectivity index (χ1) is 22.5. The lowest BCUT2D eigenvalue weighted by Gasteiger charge is -2.42. The molecule has 1 saturated heterocycles. The van der Waals surface area contributed by atoms with Crippen molar-refractivity contribution in [2.24, 2.45) is 7.05 Å². The number of carboxylic acid groups (broad SMARTS) is 1. The van der Waals surface area contributed by atoms with Gasteiger partial charge in [0, 0.05) is 53.4 Å². The number of fused-ring (bicyclic) bond motifs is 1. The van der Waals surface area contributed by atoms with E-state index in [1.165, 1.54) is 4.90 Å². The maximum absolute atomic E-state index is 12.3. The first-order valence-corrected chi connectivity index (χ1v) is 15.8. The molecule has 5 rings (SSSR count). The molecule has 0 spiro atoms. The van der Waals surface area contributed by atoms with Crippen LogP contribution in [0.5, 0.6) is 11.5 Å². The molecule has 12 nitrogen and oxygen atoms in total. The number of carbonyl (C=O) groups is 1. The molecule has 2 aromatic carbocycles. The van der Waals surface area contributed by atoms with Crippen LogP contribution in [0.15, 0.2) is 55.0 Å². The summed E-state index contributed by atoms with van der Waals surface area (Å²) in [5.74, 6) is 1.39. The summed E-state index contributed by atoms with van der Waals surface area (Å²) in [6.45, 7) is 5.25. The standard InChI is InChI=1S/C34H46N4O8/c1-36-24-35-19-27(36)23-46-32-21-38(34(39)40)20-31(33(32)26-7-9-28(10-8-26)43-16-5-15-42-3)45-22-25-6-11-30-29(18-25)37(13-17-44-30)12-4-14-41-2/h6-11,18-19,24,31-33H,4-5,12-17,20-23H2,1-3H3,(H,39,40)/t31-,32+,33+/m0/s1. The molecule has 0 radical (unpaired) electrons. The van der Waals surface area contributed by atoms with Gasteiger partial charge in [0.1, 0.15) is 18.1 Å². The van der Waals surface area contributed by atoms with Gasteiger partial charge in [-0.3, -0.25) is 0 Å². The van der Waals surface area contributed by atoms with Gasteiger partial charge >= 0.3 is 6.09 Å². The molecule has 0 unspecified atom stereocenters. The summed E-state index contributed by atoms with van der Waals surface area (Å²) in [7, 11) is 5.30. The van der Waals surface area contributed by atoms with Crippen LogP contribution in [-0.2, 0) is 39.2 Å². The lowest BCUT2D eigenvalue weighted by Crippen LogP contribution is -2.54. The fourth-order valence-corrected chi connectivity index (χ4v) is 6.01. The number of piperidine rings is 1. The lowest BCUT2D eigenvalue weighted by molar-refractivity contribution is -0.0944. The zero-order valence-electron chi connectivity index (χ0n) is 27.0. The van der Waals surface area contributed by atoms with Crippen LogP contribution < -0.4 is 14.4 Å². The predicted octanol–water partition coefficient (Wildman–Crippen LogP) is 4.32. The second kappa shape index (κ2) is 16.6. The van der Waals surface area contributed by atoms with Gasteiger partial charge in [-0.15, -0.1) is 0 Å². The molecule has 0 bridgehead atoms. The number of anilines is 1. The molecule has 0 saturated carbocycles. The molecule has 1 N–H and O–H groups in total. The first-order valence-electron chi connectivity index (χ1n) is 15.8. The Balaban J connectivity index is 1.36. The molecule has 250 valence electrons. The molecular formula is C34H46N4O8. The predicted molar refractivity (Wildman–Crippen MR) is 172 cm³/mol. The minimum absolute atomic E-state index is 0.220. The highest BCUT2D eigenvalue weighted by Gasteiger charge is 2.41. The molecule has 1 amide bonds. The Hall–Kier alpha value is -3.84. The highest BCUT2D eigenvalue weighted by Crippen LogP contribution is 2.36. The molecule has 2 aliphatic rings. The van der Waals surface area contributed by atoms with Crippen LogP contribution in [0.3, 0.4) is 0 Å². The van der Waals surface area contributed by atoms with Crippen LogP contribution in [0.2, 0.25) is 0 Å². The smallest absolute Gasteiger partial charge is 0.407 e. The average molecular weight is 639 g/mol. The molecule has 1 fully saturated rings. The third kappa shape index (κ3) is 8.69. The van der Waals surface area contributed by atoms with Gasteiger partial charge in [0.25, 0.3) is 0 Å². The van der Waals surface area contributed by atoms with Crippen molar-refractivity contribution >= 4 is 11.8 Å². The van der Waals surface area contributed by atoms with Crippen molar-refractivity contribution in [2.45, 2.75) is 44.2 Å². The summed E-state index contributed by atoms with van der Waals surface area (Å²) in [6, 6.07) is 14.1. The second-order valence-corrected chi connectivity index (χ2v) is 11.7. The van der Waals surface area contributed by atoms with E-state index in [0.717, 1.165) is 59.9 Å². The molecule has 12 heteroatoms. The van der Waals surface area contributed by atoms with E-state index < -0.39 is 18.3 Å². The Morgan fingerprint density at radius 1 is 0.978 bits per heavy atom. The minimum atomic E-state index is -1.00. The van der Waals surface area contributed by atoms with Crippen molar-refractivity contribution in [3.8, 4) is 11.5 Å². The largest absolute Gasteiger partial charge is 0.494 e. The molecule has 1 aromatic heterocycles. The minimum Gasteiger partial charge on any atom is -0.494 e. The summed E-state index contributed by atoms with van der Waals surface area (Å²) in [5, 5.41) is 10.1. The van der Waals surface area contributed by atoms with Crippen LogP contribution >= 0.6 is 0 Å². The van der Waals surface area contributed by atoms with Crippen LogP contribution in [-0.4, -0.2) is 105 Å². The number of nitrogens with zero attached hydrogens (tertiary/aromatic N) is 4. The molecular weight excluding hydrogens is 592 g/mol. The number of aromatic nitrogens is 2. The third-order valence-corrected chi connectivity index (χ3v) is 8.48. The number of benzene rings is 2. The zero-order chi connectivity index (χ0) is 32.3. The van der Waals surface area contributed by atoms with E-state index in [-0.39, 0.29) is 19.0 Å². The SMILES string of the molecule is COCCCOc1ccc([C@@H]2[C@@H](OCc3ccc4c(c3)N(CCCOC)CCO4)CN(C(=O)O)C[C@H]2OCc2cncn2C)cc1. The van der Waals surface area contributed by atoms with Crippen molar-refractivity contribution < 1.29 is 38.3 Å². The van der Waals surface area contributed by atoms with E-state index in [1.54, 1.807) is 26.7 Å². The zero-order valence-corrected chi connectivity index (χ0v) is 27.0. The second-order valence-electron chi connectivity index (χ2n) is 11.7.